The van der Waals surface area contributed by atoms with Crippen molar-refractivity contribution < 1.29 is 14.7 Å². The SMILES string of the molecule is CCC[C@@H](NC(=O)NC)C(=O)O. The first-order valence-electron chi connectivity index (χ1n) is 3.82. The van der Waals surface area contributed by atoms with Crippen molar-refractivity contribution in [3.05, 3.63) is 0 Å². The molecule has 0 saturated carbocycles. The van der Waals surface area contributed by atoms with Crippen LogP contribution in [-0.2, 0) is 4.79 Å². The highest BCUT2D eigenvalue weighted by Crippen LogP contribution is 1.95. The zero-order valence-electron chi connectivity index (χ0n) is 7.26. The van der Waals surface area contributed by atoms with E-state index in [1.54, 1.807) is 0 Å². The Balaban J connectivity index is 3.95. The molecule has 0 aromatic heterocycles. The lowest BCUT2D eigenvalue weighted by Gasteiger charge is -2.12. The molecule has 0 aliphatic rings. The van der Waals surface area contributed by atoms with Gasteiger partial charge in [0.25, 0.3) is 0 Å². The van der Waals surface area contributed by atoms with E-state index >= 15 is 0 Å². The third-order valence-electron chi connectivity index (χ3n) is 1.41. The first-order chi connectivity index (χ1) is 5.61. The van der Waals surface area contributed by atoms with Crippen LogP contribution in [0.25, 0.3) is 0 Å². The molecule has 3 N–H and O–H groups in total. The minimum absolute atomic E-state index is 0.447. The van der Waals surface area contributed by atoms with Crippen molar-refractivity contribution in [1.29, 1.82) is 0 Å². The summed E-state index contributed by atoms with van der Waals surface area (Å²) in [5, 5.41) is 13.2. The lowest BCUT2D eigenvalue weighted by molar-refractivity contribution is -0.139. The molecule has 0 aromatic rings. The van der Waals surface area contributed by atoms with Gasteiger partial charge in [-0.25, -0.2) is 9.59 Å². The second kappa shape index (κ2) is 5.40. The fraction of sp³-hybridized carbons (Fsp3) is 0.714. The first kappa shape index (κ1) is 10.7. The average Bonchev–Trinajstić information content (AvgIpc) is 2.03. The van der Waals surface area contributed by atoms with Crippen molar-refractivity contribution in [1.82, 2.24) is 10.6 Å². The van der Waals surface area contributed by atoms with E-state index in [-0.39, 0.29) is 0 Å². The zero-order valence-corrected chi connectivity index (χ0v) is 7.26. The number of urea groups is 1. The largest absolute Gasteiger partial charge is 0.480 e. The number of hydrogen-bond donors (Lipinski definition) is 3. The number of nitrogens with one attached hydrogen (secondary N) is 2. The third-order valence-corrected chi connectivity index (χ3v) is 1.41. The van der Waals surface area contributed by atoms with Gasteiger partial charge in [0, 0.05) is 7.05 Å². The summed E-state index contributed by atoms with van der Waals surface area (Å²) in [5.41, 5.74) is 0. The molecular formula is C7H14N2O3. The van der Waals surface area contributed by atoms with Crippen LogP contribution in [-0.4, -0.2) is 30.2 Å². The summed E-state index contributed by atoms with van der Waals surface area (Å²) in [7, 11) is 1.44. The molecule has 0 fully saturated rings. The predicted octanol–water partition coefficient (Wildman–Crippen LogP) is 0.169. The minimum Gasteiger partial charge on any atom is -0.480 e. The van der Waals surface area contributed by atoms with Crippen molar-refractivity contribution in [3.8, 4) is 0 Å². The van der Waals surface area contributed by atoms with E-state index in [1.165, 1.54) is 7.05 Å². The van der Waals surface area contributed by atoms with Gasteiger partial charge in [0.2, 0.25) is 0 Å². The van der Waals surface area contributed by atoms with Crippen molar-refractivity contribution >= 4 is 12.0 Å². The van der Waals surface area contributed by atoms with Crippen LogP contribution in [0, 0.1) is 0 Å². The van der Waals surface area contributed by atoms with Gasteiger partial charge in [-0.2, -0.15) is 0 Å². The highest BCUT2D eigenvalue weighted by atomic mass is 16.4. The van der Waals surface area contributed by atoms with Crippen LogP contribution in [0.5, 0.6) is 0 Å². The van der Waals surface area contributed by atoms with E-state index in [2.05, 4.69) is 10.6 Å². The molecule has 2 amide bonds. The molecule has 0 aliphatic carbocycles. The molecule has 0 bridgehead atoms. The maximum absolute atomic E-state index is 10.7. The number of carboxylic acid groups (broad SMARTS) is 1. The topological polar surface area (TPSA) is 78.4 Å². The molecular weight excluding hydrogens is 160 g/mol. The standard InChI is InChI=1S/C7H14N2O3/c1-3-4-5(6(10)11)9-7(12)8-2/h5H,3-4H2,1-2H3,(H,10,11)(H2,8,9,12)/t5-/m1/s1. The van der Waals surface area contributed by atoms with Gasteiger partial charge in [-0.1, -0.05) is 13.3 Å². The van der Waals surface area contributed by atoms with E-state index < -0.39 is 18.0 Å². The molecule has 0 unspecified atom stereocenters. The molecule has 0 aromatic carbocycles. The molecule has 0 saturated heterocycles. The van der Waals surface area contributed by atoms with E-state index in [9.17, 15) is 9.59 Å². The normalized spacial score (nSPS) is 11.8. The first-order valence-corrected chi connectivity index (χ1v) is 3.82. The van der Waals surface area contributed by atoms with Crippen molar-refractivity contribution in [3.63, 3.8) is 0 Å². The molecule has 70 valence electrons. The summed E-state index contributed by atoms with van der Waals surface area (Å²) in [5.74, 6) is -1.000. The summed E-state index contributed by atoms with van der Waals surface area (Å²) < 4.78 is 0. The van der Waals surface area contributed by atoms with E-state index in [1.807, 2.05) is 6.92 Å². The Labute approximate surface area is 71.1 Å². The van der Waals surface area contributed by atoms with Crippen molar-refractivity contribution in [2.24, 2.45) is 0 Å². The second-order valence-electron chi connectivity index (χ2n) is 2.40. The lowest BCUT2D eigenvalue weighted by atomic mass is 10.2. The number of carboxylic acids is 1. The van der Waals surface area contributed by atoms with Gasteiger partial charge in [0.15, 0.2) is 0 Å². The molecule has 12 heavy (non-hydrogen) atoms. The fourth-order valence-electron chi connectivity index (χ4n) is 0.776. The van der Waals surface area contributed by atoms with Crippen LogP contribution in [0.15, 0.2) is 0 Å². The Hall–Kier alpha value is -1.26. The highest BCUT2D eigenvalue weighted by molar-refractivity contribution is 5.82. The van der Waals surface area contributed by atoms with Crippen LogP contribution in [0.4, 0.5) is 4.79 Å². The predicted molar refractivity (Wildman–Crippen MR) is 43.9 cm³/mol. The minimum atomic E-state index is -1.000. The Kier molecular flexibility index (Phi) is 4.83. The van der Waals surface area contributed by atoms with Crippen LogP contribution < -0.4 is 10.6 Å². The van der Waals surface area contributed by atoms with E-state index in [0.29, 0.717) is 6.42 Å². The summed E-state index contributed by atoms with van der Waals surface area (Å²) in [6.07, 6.45) is 1.17. The average molecular weight is 174 g/mol. The van der Waals surface area contributed by atoms with Gasteiger partial charge in [-0.15, -0.1) is 0 Å². The maximum Gasteiger partial charge on any atom is 0.326 e. The van der Waals surface area contributed by atoms with Gasteiger partial charge >= 0.3 is 12.0 Å². The number of carbonyl (C=O) groups excluding carboxylic acids is 1. The van der Waals surface area contributed by atoms with E-state index in [0.717, 1.165) is 6.42 Å². The summed E-state index contributed by atoms with van der Waals surface area (Å²) >= 11 is 0. The fourth-order valence-corrected chi connectivity index (χ4v) is 0.776. The van der Waals surface area contributed by atoms with E-state index in [4.69, 9.17) is 5.11 Å². The van der Waals surface area contributed by atoms with Gasteiger partial charge in [0.05, 0.1) is 0 Å². The number of carbonyl (C=O) groups is 2. The molecule has 0 rings (SSSR count). The Morgan fingerprint density at radius 1 is 1.50 bits per heavy atom. The molecule has 0 spiro atoms. The molecule has 5 heteroatoms. The van der Waals surface area contributed by atoms with Gasteiger partial charge in [-0.3, -0.25) is 0 Å². The molecule has 5 nitrogen and oxygen atoms in total. The summed E-state index contributed by atoms with van der Waals surface area (Å²) in [6.45, 7) is 1.86. The maximum atomic E-state index is 10.7. The zero-order chi connectivity index (χ0) is 9.56. The molecule has 0 aliphatic heterocycles. The Morgan fingerprint density at radius 2 is 2.08 bits per heavy atom. The summed E-state index contributed by atoms with van der Waals surface area (Å²) in [4.78, 5) is 21.2. The second-order valence-corrected chi connectivity index (χ2v) is 2.40. The Morgan fingerprint density at radius 3 is 2.42 bits per heavy atom. The lowest BCUT2D eigenvalue weighted by Crippen LogP contribution is -2.44. The van der Waals surface area contributed by atoms with Crippen LogP contribution in [0.3, 0.4) is 0 Å². The number of rotatable bonds is 4. The van der Waals surface area contributed by atoms with Crippen LogP contribution in [0.2, 0.25) is 0 Å². The number of aliphatic carboxylic acids is 1. The van der Waals surface area contributed by atoms with Gasteiger partial charge in [-0.05, 0) is 6.42 Å². The van der Waals surface area contributed by atoms with Crippen molar-refractivity contribution in [2.45, 2.75) is 25.8 Å². The van der Waals surface area contributed by atoms with Crippen molar-refractivity contribution in [2.75, 3.05) is 7.05 Å². The highest BCUT2D eigenvalue weighted by Gasteiger charge is 2.17. The van der Waals surface area contributed by atoms with Gasteiger partial charge in [0.1, 0.15) is 6.04 Å². The monoisotopic (exact) mass is 174 g/mol. The number of amides is 2. The number of hydrogen-bond acceptors (Lipinski definition) is 2. The van der Waals surface area contributed by atoms with Gasteiger partial charge < -0.3 is 15.7 Å². The smallest absolute Gasteiger partial charge is 0.326 e. The Bertz CT molecular complexity index is 168. The molecule has 1 atom stereocenters. The summed E-state index contributed by atoms with van der Waals surface area (Å²) in [6, 6.07) is -1.24. The molecule has 0 heterocycles. The quantitative estimate of drug-likeness (QED) is 0.568. The molecule has 0 radical (unpaired) electrons. The van der Waals surface area contributed by atoms with Crippen LogP contribution in [0.1, 0.15) is 19.8 Å². The van der Waals surface area contributed by atoms with Crippen LogP contribution >= 0.6 is 0 Å². The third kappa shape index (κ3) is 3.80.